The molecule has 7 nitrogen and oxygen atoms in total. The Kier molecular flexibility index (Phi) is 5.54. The summed E-state index contributed by atoms with van der Waals surface area (Å²) in [5.74, 6) is -1.08. The van der Waals surface area contributed by atoms with Crippen molar-refractivity contribution in [3.8, 4) is 5.75 Å². The summed E-state index contributed by atoms with van der Waals surface area (Å²) in [6.07, 6.45) is 0.427. The van der Waals surface area contributed by atoms with Crippen LogP contribution in [0.1, 0.15) is 79.7 Å². The molecule has 2 amide bonds. The monoisotopic (exact) mass is 472 g/mol. The highest BCUT2D eigenvalue weighted by Gasteiger charge is 2.35. The number of hydrogen-bond acceptors (Lipinski definition) is 5. The summed E-state index contributed by atoms with van der Waals surface area (Å²) in [5.41, 5.74) is 2.40. The average molecular weight is 472 g/mol. The Morgan fingerprint density at radius 3 is 2.47 bits per heavy atom. The predicted octanol–water partition coefficient (Wildman–Crippen LogP) is 3.32. The van der Waals surface area contributed by atoms with Crippen LogP contribution < -0.4 is 15.6 Å². The van der Waals surface area contributed by atoms with E-state index in [9.17, 15) is 14.6 Å². The lowest BCUT2D eigenvalue weighted by Gasteiger charge is -2.39. The van der Waals surface area contributed by atoms with Gasteiger partial charge in [0.05, 0.1) is 12.6 Å². The van der Waals surface area contributed by atoms with Crippen LogP contribution in [0.25, 0.3) is 0 Å². The highest BCUT2D eigenvalue weighted by atomic mass is 16.6. The fourth-order valence-electron chi connectivity index (χ4n) is 4.25. The molecule has 1 heterocycles. The van der Waals surface area contributed by atoms with Gasteiger partial charge in [-0.3, -0.25) is 15.0 Å². The Morgan fingerprint density at radius 2 is 1.88 bits per heavy atom. The predicted molar refractivity (Wildman–Crippen MR) is 133 cm³/mol. The third-order valence-corrected chi connectivity index (χ3v) is 5.87. The van der Waals surface area contributed by atoms with Crippen molar-refractivity contribution in [2.75, 3.05) is 13.2 Å². The van der Waals surface area contributed by atoms with E-state index in [2.05, 4.69) is 5.43 Å². The molecule has 0 bridgehead atoms. The van der Waals surface area contributed by atoms with Crippen LogP contribution in [0.3, 0.4) is 0 Å². The molecule has 1 aliphatic heterocycles. The zero-order valence-electron chi connectivity index (χ0n) is 26.2. The lowest BCUT2D eigenvalue weighted by Crippen LogP contribution is -2.56. The number of hydrogen-bond donors (Lipinski definition) is 2. The number of amides is 2. The van der Waals surface area contributed by atoms with Gasteiger partial charge in [-0.15, -0.1) is 0 Å². The molecule has 0 aromatic heterocycles. The van der Waals surface area contributed by atoms with Crippen LogP contribution in [0.5, 0.6) is 5.75 Å². The van der Waals surface area contributed by atoms with Gasteiger partial charge >= 0.3 is 7.12 Å². The van der Waals surface area contributed by atoms with Gasteiger partial charge in [0.2, 0.25) is 0 Å². The van der Waals surface area contributed by atoms with E-state index in [1.807, 2.05) is 27.7 Å². The van der Waals surface area contributed by atoms with Crippen LogP contribution in [-0.4, -0.2) is 48.2 Å². The lowest BCUT2D eigenvalue weighted by atomic mass is 9.77. The summed E-state index contributed by atoms with van der Waals surface area (Å²) in [5, 5.41) is 11.4. The molecule has 0 saturated heterocycles. The molecule has 0 radical (unpaired) electrons. The highest BCUT2D eigenvalue weighted by Crippen LogP contribution is 2.28. The maximum Gasteiger partial charge on any atom is 0.495 e. The summed E-state index contributed by atoms with van der Waals surface area (Å²) in [7, 11) is -1.21. The number of carbonyl (C=O) groups is 2. The molecule has 0 aliphatic carbocycles. The Labute approximate surface area is 211 Å². The number of hydrazine groups is 1. The molecule has 2 aromatic carbocycles. The van der Waals surface area contributed by atoms with Crippen LogP contribution in [0, 0.1) is 26.0 Å². The number of fused-ring (bicyclic) bond motifs is 1. The summed E-state index contributed by atoms with van der Waals surface area (Å²) < 4.78 is 57.9. The minimum atomic E-state index is -2.66. The molecular weight excluding hydrogens is 431 g/mol. The van der Waals surface area contributed by atoms with Gasteiger partial charge in [0.15, 0.2) is 0 Å². The number of carbonyl (C=O) groups excluding carboxylic acids is 2. The van der Waals surface area contributed by atoms with Crippen LogP contribution >= 0.6 is 0 Å². The number of nitrogens with zero attached hydrogens (tertiary/aromatic N) is 1. The summed E-state index contributed by atoms with van der Waals surface area (Å²) in [6, 6.07) is 5.79. The molecule has 34 heavy (non-hydrogen) atoms. The average Bonchev–Trinajstić information content (AvgIpc) is 3.03. The van der Waals surface area contributed by atoms with Crippen LogP contribution in [0.4, 0.5) is 0 Å². The topological polar surface area (TPSA) is 88.1 Å². The van der Waals surface area contributed by atoms with Gasteiger partial charge in [0.25, 0.3) is 11.8 Å². The molecule has 3 rings (SSSR count). The van der Waals surface area contributed by atoms with E-state index >= 15 is 0 Å². The Hall–Kier alpha value is -2.84. The van der Waals surface area contributed by atoms with Gasteiger partial charge in [0, 0.05) is 30.4 Å². The summed E-state index contributed by atoms with van der Waals surface area (Å²) >= 11 is 0. The maximum atomic E-state index is 14.0. The SMILES string of the molecule is [2H]C([2H])([2H])c1cc(C(=O)N(NC(=O)c2ccc3c(c2C)OCCOB3O)C(CC)C(C)(C)C)cc(C([2H])([2H])[2H])c1. The van der Waals surface area contributed by atoms with Gasteiger partial charge in [-0.1, -0.05) is 51.0 Å². The fraction of sp³-hybridized carbons (Fsp3) is 0.462. The first-order valence-corrected chi connectivity index (χ1v) is 11.2. The van der Waals surface area contributed by atoms with Crippen LogP contribution in [-0.2, 0) is 4.65 Å². The molecule has 1 unspecified atom stereocenters. The van der Waals surface area contributed by atoms with E-state index in [-0.39, 0.29) is 35.5 Å². The second-order valence-electron chi connectivity index (χ2n) is 9.43. The molecule has 8 heteroatoms. The minimum absolute atomic E-state index is 0.163. The van der Waals surface area contributed by atoms with E-state index in [1.54, 1.807) is 6.92 Å². The number of ether oxygens (including phenoxy) is 1. The molecule has 1 atom stereocenters. The first kappa shape index (κ1) is 18.5. The zero-order chi connectivity index (χ0) is 30.2. The van der Waals surface area contributed by atoms with Crippen molar-refractivity contribution < 1.29 is 32.2 Å². The standard InChI is InChI=1S/C26H35BN2O5/c1-8-22(26(5,6)7)29(25(31)19-14-16(2)13-17(3)15-19)28-24(30)20-9-10-21-23(18(20)4)33-11-12-34-27(21)32/h9-10,13-15,22,32H,8,11-12H2,1-7H3,(H,28,30)/i2D3,3D3. The van der Waals surface area contributed by atoms with E-state index in [0.717, 1.165) is 23.2 Å². The van der Waals surface area contributed by atoms with Crippen molar-refractivity contribution in [1.82, 2.24) is 10.4 Å². The molecule has 2 N–H and O–H groups in total. The van der Waals surface area contributed by atoms with E-state index in [4.69, 9.17) is 17.6 Å². The van der Waals surface area contributed by atoms with Gasteiger partial charge < -0.3 is 14.4 Å². The Balaban J connectivity index is 2.10. The van der Waals surface area contributed by atoms with Gasteiger partial charge in [-0.05, 0) is 50.7 Å². The number of nitrogens with one attached hydrogen (secondary N) is 1. The zero-order valence-corrected chi connectivity index (χ0v) is 20.2. The van der Waals surface area contributed by atoms with Gasteiger partial charge in [-0.25, -0.2) is 5.01 Å². The molecule has 0 spiro atoms. The van der Waals surface area contributed by atoms with Gasteiger partial charge in [-0.2, -0.15) is 0 Å². The molecule has 182 valence electrons. The minimum Gasteiger partial charge on any atom is -0.491 e. The maximum absolute atomic E-state index is 14.0. The van der Waals surface area contributed by atoms with Crippen molar-refractivity contribution in [3.05, 3.63) is 58.1 Å². The lowest BCUT2D eigenvalue weighted by molar-refractivity contribution is 0.0284. The first-order valence-electron chi connectivity index (χ1n) is 14.2. The van der Waals surface area contributed by atoms with E-state index in [0.29, 0.717) is 23.2 Å². The van der Waals surface area contributed by atoms with E-state index < -0.39 is 44.1 Å². The number of benzene rings is 2. The van der Waals surface area contributed by atoms with Crippen molar-refractivity contribution in [2.45, 2.75) is 60.8 Å². The highest BCUT2D eigenvalue weighted by molar-refractivity contribution is 6.61. The molecule has 0 fully saturated rings. The molecule has 1 aliphatic rings. The Bertz CT molecular complexity index is 1240. The van der Waals surface area contributed by atoms with E-state index in [1.165, 1.54) is 12.1 Å². The van der Waals surface area contributed by atoms with Crippen molar-refractivity contribution in [3.63, 3.8) is 0 Å². The normalized spacial score (nSPS) is 17.9. The van der Waals surface area contributed by atoms with Crippen molar-refractivity contribution >= 4 is 24.4 Å². The number of rotatable bonds is 4. The van der Waals surface area contributed by atoms with Gasteiger partial charge in [0.1, 0.15) is 12.4 Å². The number of aryl methyl sites for hydroxylation is 2. The second kappa shape index (κ2) is 10.2. The fourth-order valence-corrected chi connectivity index (χ4v) is 4.25. The summed E-state index contributed by atoms with van der Waals surface area (Å²) in [6.45, 7) is 4.19. The second-order valence-corrected chi connectivity index (χ2v) is 9.43. The van der Waals surface area contributed by atoms with Crippen molar-refractivity contribution in [2.24, 2.45) is 5.41 Å². The first-order chi connectivity index (χ1) is 18.4. The van der Waals surface area contributed by atoms with Crippen LogP contribution in [0.2, 0.25) is 0 Å². The van der Waals surface area contributed by atoms with Crippen molar-refractivity contribution in [1.29, 1.82) is 0 Å². The summed E-state index contributed by atoms with van der Waals surface area (Å²) in [4.78, 5) is 27.6. The quantitative estimate of drug-likeness (QED) is 0.527. The third-order valence-electron chi connectivity index (χ3n) is 5.87. The smallest absolute Gasteiger partial charge is 0.491 e. The molecular formula is C26H35BN2O5. The Morgan fingerprint density at radius 1 is 1.21 bits per heavy atom. The third kappa shape index (κ3) is 5.45. The molecule has 0 saturated carbocycles. The van der Waals surface area contributed by atoms with Crippen LogP contribution in [0.15, 0.2) is 30.3 Å². The largest absolute Gasteiger partial charge is 0.495 e. The molecule has 2 aromatic rings.